The minimum atomic E-state index is -0.00722. The number of carbonyl (C=O) groups is 1. The number of hydrogen-bond donors (Lipinski definition) is 1. The molecule has 0 spiro atoms. The third kappa shape index (κ3) is 2.60. The minimum Gasteiger partial charge on any atom is -0.508 e. The molecule has 1 amide bonds. The average Bonchev–Trinajstić information content (AvgIpc) is 2.26. The van der Waals surface area contributed by atoms with Crippen molar-refractivity contribution in [2.24, 2.45) is 5.92 Å². The standard InChI is InChI=1S/C14H19NO2/c1-10-6-7-12(8-13(10)16)14(17)15(2)9-11-4-3-5-11/h6-8,11,16H,3-5,9H2,1-2H3. The first-order valence-electron chi connectivity index (χ1n) is 6.13. The first kappa shape index (κ1) is 12.0. The maximum atomic E-state index is 12.1. The summed E-state index contributed by atoms with van der Waals surface area (Å²) in [5.41, 5.74) is 1.36. The van der Waals surface area contributed by atoms with Gasteiger partial charge in [0.15, 0.2) is 0 Å². The molecule has 0 saturated heterocycles. The summed E-state index contributed by atoms with van der Waals surface area (Å²) < 4.78 is 0. The summed E-state index contributed by atoms with van der Waals surface area (Å²) in [5.74, 6) is 0.850. The van der Waals surface area contributed by atoms with E-state index in [2.05, 4.69) is 0 Å². The fourth-order valence-corrected chi connectivity index (χ4v) is 2.11. The molecule has 3 nitrogen and oxygen atoms in total. The Balaban J connectivity index is 2.04. The van der Waals surface area contributed by atoms with Crippen LogP contribution in [0.25, 0.3) is 0 Å². The first-order chi connectivity index (χ1) is 8.08. The van der Waals surface area contributed by atoms with Crippen LogP contribution in [0.2, 0.25) is 0 Å². The fourth-order valence-electron chi connectivity index (χ4n) is 2.11. The van der Waals surface area contributed by atoms with Crippen molar-refractivity contribution in [2.75, 3.05) is 13.6 Å². The number of carbonyl (C=O) groups excluding carboxylic acids is 1. The zero-order valence-electron chi connectivity index (χ0n) is 10.4. The molecule has 0 radical (unpaired) electrons. The number of phenols is 1. The van der Waals surface area contributed by atoms with Crippen molar-refractivity contribution >= 4 is 5.91 Å². The van der Waals surface area contributed by atoms with Crippen molar-refractivity contribution in [3.8, 4) is 5.75 Å². The molecule has 1 aromatic rings. The van der Waals surface area contributed by atoms with Gasteiger partial charge < -0.3 is 10.0 Å². The molecule has 1 aliphatic rings. The summed E-state index contributed by atoms with van der Waals surface area (Å²) in [4.78, 5) is 13.9. The van der Waals surface area contributed by atoms with Crippen LogP contribution in [-0.2, 0) is 0 Å². The van der Waals surface area contributed by atoms with E-state index in [9.17, 15) is 9.90 Å². The van der Waals surface area contributed by atoms with E-state index in [0.29, 0.717) is 11.5 Å². The Morgan fingerprint density at radius 2 is 2.18 bits per heavy atom. The Kier molecular flexibility index (Phi) is 3.36. The van der Waals surface area contributed by atoms with Crippen LogP contribution in [0.3, 0.4) is 0 Å². The van der Waals surface area contributed by atoms with Crippen molar-refractivity contribution in [1.29, 1.82) is 0 Å². The normalized spacial score (nSPS) is 15.4. The van der Waals surface area contributed by atoms with Crippen molar-refractivity contribution < 1.29 is 9.90 Å². The van der Waals surface area contributed by atoms with E-state index in [1.807, 2.05) is 14.0 Å². The zero-order valence-corrected chi connectivity index (χ0v) is 10.4. The highest BCUT2D eigenvalue weighted by molar-refractivity contribution is 5.94. The maximum absolute atomic E-state index is 12.1. The number of nitrogens with zero attached hydrogens (tertiary/aromatic N) is 1. The molecule has 1 aromatic carbocycles. The lowest BCUT2D eigenvalue weighted by Gasteiger charge is -2.30. The van der Waals surface area contributed by atoms with Gasteiger partial charge in [0.25, 0.3) is 5.91 Å². The molecular weight excluding hydrogens is 214 g/mol. The molecule has 1 fully saturated rings. The number of amides is 1. The van der Waals surface area contributed by atoms with E-state index in [-0.39, 0.29) is 11.7 Å². The minimum absolute atomic E-state index is 0.00722. The quantitative estimate of drug-likeness (QED) is 0.871. The largest absolute Gasteiger partial charge is 0.508 e. The Bertz CT molecular complexity index is 424. The highest BCUT2D eigenvalue weighted by atomic mass is 16.3. The Labute approximate surface area is 102 Å². The van der Waals surface area contributed by atoms with Crippen LogP contribution in [0.5, 0.6) is 5.75 Å². The molecule has 2 rings (SSSR count). The Morgan fingerprint density at radius 3 is 2.71 bits per heavy atom. The molecule has 0 heterocycles. The number of rotatable bonds is 3. The van der Waals surface area contributed by atoms with Gasteiger partial charge in [0, 0.05) is 19.2 Å². The van der Waals surface area contributed by atoms with Gasteiger partial charge in [0.1, 0.15) is 5.75 Å². The highest BCUT2D eigenvalue weighted by Gasteiger charge is 2.22. The molecule has 17 heavy (non-hydrogen) atoms. The van der Waals surface area contributed by atoms with Crippen molar-refractivity contribution in [1.82, 2.24) is 4.90 Å². The second-order valence-corrected chi connectivity index (χ2v) is 4.98. The molecule has 0 unspecified atom stereocenters. The molecule has 1 aliphatic carbocycles. The molecule has 1 saturated carbocycles. The molecule has 0 aromatic heterocycles. The number of aromatic hydroxyl groups is 1. The Morgan fingerprint density at radius 1 is 1.47 bits per heavy atom. The predicted octanol–water partition coefficient (Wildman–Crippen LogP) is 2.57. The van der Waals surface area contributed by atoms with Crippen molar-refractivity contribution in [3.63, 3.8) is 0 Å². The lowest BCUT2D eigenvalue weighted by molar-refractivity contribution is 0.0745. The zero-order chi connectivity index (χ0) is 12.4. The Hall–Kier alpha value is -1.51. The third-order valence-corrected chi connectivity index (χ3v) is 3.56. The highest BCUT2D eigenvalue weighted by Crippen LogP contribution is 2.27. The second-order valence-electron chi connectivity index (χ2n) is 4.98. The summed E-state index contributed by atoms with van der Waals surface area (Å²) in [6.07, 6.45) is 3.76. The van der Waals surface area contributed by atoms with Gasteiger partial charge in [-0.1, -0.05) is 12.5 Å². The van der Waals surface area contributed by atoms with Gasteiger partial charge in [-0.3, -0.25) is 4.79 Å². The maximum Gasteiger partial charge on any atom is 0.253 e. The van der Waals surface area contributed by atoms with Gasteiger partial charge in [-0.05, 0) is 43.4 Å². The van der Waals surface area contributed by atoms with Crippen LogP contribution in [0, 0.1) is 12.8 Å². The van der Waals surface area contributed by atoms with Gasteiger partial charge in [-0.25, -0.2) is 0 Å². The van der Waals surface area contributed by atoms with Gasteiger partial charge in [-0.2, -0.15) is 0 Å². The van der Waals surface area contributed by atoms with E-state index in [1.54, 1.807) is 23.1 Å². The molecule has 3 heteroatoms. The molecular formula is C14H19NO2. The van der Waals surface area contributed by atoms with Gasteiger partial charge in [0.2, 0.25) is 0 Å². The van der Waals surface area contributed by atoms with Crippen LogP contribution in [-0.4, -0.2) is 29.5 Å². The van der Waals surface area contributed by atoms with Crippen molar-refractivity contribution in [3.05, 3.63) is 29.3 Å². The van der Waals surface area contributed by atoms with E-state index >= 15 is 0 Å². The molecule has 0 atom stereocenters. The summed E-state index contributed by atoms with van der Waals surface area (Å²) >= 11 is 0. The molecule has 0 aliphatic heterocycles. The monoisotopic (exact) mass is 233 g/mol. The number of benzene rings is 1. The number of hydrogen-bond acceptors (Lipinski definition) is 2. The SMILES string of the molecule is Cc1ccc(C(=O)N(C)CC2CCC2)cc1O. The summed E-state index contributed by atoms with van der Waals surface area (Å²) in [6.45, 7) is 2.65. The topological polar surface area (TPSA) is 40.5 Å². The lowest BCUT2D eigenvalue weighted by atomic mass is 9.85. The molecule has 92 valence electrons. The van der Waals surface area contributed by atoms with Gasteiger partial charge in [0.05, 0.1) is 0 Å². The fraction of sp³-hybridized carbons (Fsp3) is 0.500. The van der Waals surface area contributed by atoms with Gasteiger partial charge >= 0.3 is 0 Å². The smallest absolute Gasteiger partial charge is 0.253 e. The third-order valence-electron chi connectivity index (χ3n) is 3.56. The van der Waals surface area contributed by atoms with Crippen LogP contribution >= 0.6 is 0 Å². The lowest BCUT2D eigenvalue weighted by Crippen LogP contribution is -2.34. The van der Waals surface area contributed by atoms with Crippen LogP contribution in [0.1, 0.15) is 35.2 Å². The van der Waals surface area contributed by atoms with Crippen LogP contribution in [0.4, 0.5) is 0 Å². The predicted molar refractivity (Wildman–Crippen MR) is 67.1 cm³/mol. The van der Waals surface area contributed by atoms with Crippen LogP contribution < -0.4 is 0 Å². The van der Waals surface area contributed by atoms with E-state index < -0.39 is 0 Å². The molecule has 0 bridgehead atoms. The van der Waals surface area contributed by atoms with Crippen molar-refractivity contribution in [2.45, 2.75) is 26.2 Å². The van der Waals surface area contributed by atoms with E-state index in [1.165, 1.54) is 19.3 Å². The van der Waals surface area contributed by atoms with E-state index in [4.69, 9.17) is 0 Å². The summed E-state index contributed by atoms with van der Waals surface area (Å²) in [7, 11) is 1.83. The molecule has 1 N–H and O–H groups in total. The average molecular weight is 233 g/mol. The number of phenolic OH excluding ortho intramolecular Hbond substituents is 1. The van der Waals surface area contributed by atoms with Gasteiger partial charge in [-0.15, -0.1) is 0 Å². The summed E-state index contributed by atoms with van der Waals surface area (Å²) in [5, 5.41) is 9.60. The second kappa shape index (κ2) is 4.78. The number of aryl methyl sites for hydroxylation is 1. The van der Waals surface area contributed by atoms with Crippen LogP contribution in [0.15, 0.2) is 18.2 Å². The van der Waals surface area contributed by atoms with E-state index in [0.717, 1.165) is 12.1 Å². The first-order valence-corrected chi connectivity index (χ1v) is 6.13. The summed E-state index contributed by atoms with van der Waals surface area (Å²) in [6, 6.07) is 5.10.